The van der Waals surface area contributed by atoms with E-state index in [1.807, 2.05) is 12.1 Å². The van der Waals surface area contributed by atoms with E-state index in [1.54, 1.807) is 0 Å². The first-order valence-corrected chi connectivity index (χ1v) is 4.95. The van der Waals surface area contributed by atoms with Crippen molar-refractivity contribution < 1.29 is 4.39 Å². The first-order valence-electron chi connectivity index (χ1n) is 4.95. The maximum absolute atomic E-state index is 12.2. The molecule has 1 aromatic carbocycles. The van der Waals surface area contributed by atoms with Crippen LogP contribution >= 0.6 is 0 Å². The molecule has 0 aromatic heterocycles. The quantitative estimate of drug-likeness (QED) is 0.724. The third-order valence-corrected chi connectivity index (χ3v) is 2.72. The fourth-order valence-electron chi connectivity index (χ4n) is 1.95. The largest absolute Gasteiger partial charge is 0.399 e. The van der Waals surface area contributed by atoms with Gasteiger partial charge in [-0.1, -0.05) is 6.07 Å². The maximum atomic E-state index is 12.2. The van der Waals surface area contributed by atoms with E-state index in [0.717, 1.165) is 25.2 Å². The number of nitrogens with two attached hydrogens (primary N) is 1. The highest BCUT2D eigenvalue weighted by Crippen LogP contribution is 2.20. The molecule has 2 nitrogen and oxygen atoms in total. The minimum atomic E-state index is -0.266. The van der Waals surface area contributed by atoms with Crippen LogP contribution in [-0.2, 0) is 13.0 Å². The molecule has 0 atom stereocenters. The second-order valence-electron chi connectivity index (χ2n) is 3.74. The maximum Gasteiger partial charge on any atom is 0.102 e. The van der Waals surface area contributed by atoms with Crippen molar-refractivity contribution in [3.05, 3.63) is 29.3 Å². The Morgan fingerprint density at radius 1 is 1.36 bits per heavy atom. The molecule has 0 radical (unpaired) electrons. The number of nitrogens with zero attached hydrogens (tertiary/aromatic N) is 1. The van der Waals surface area contributed by atoms with Gasteiger partial charge in [-0.05, 0) is 29.7 Å². The molecule has 0 saturated heterocycles. The number of rotatable bonds is 2. The Morgan fingerprint density at radius 2 is 2.21 bits per heavy atom. The average molecular weight is 194 g/mol. The number of fused-ring (bicyclic) bond motifs is 1. The SMILES string of the molecule is Nc1ccc2c(c1)CN(CCF)CC2. The summed E-state index contributed by atoms with van der Waals surface area (Å²) in [6, 6.07) is 6.01. The van der Waals surface area contributed by atoms with Gasteiger partial charge < -0.3 is 5.73 Å². The molecule has 0 saturated carbocycles. The van der Waals surface area contributed by atoms with Gasteiger partial charge in [-0.25, -0.2) is 4.39 Å². The van der Waals surface area contributed by atoms with Crippen molar-refractivity contribution in [2.24, 2.45) is 0 Å². The number of hydrogen-bond acceptors (Lipinski definition) is 2. The lowest BCUT2D eigenvalue weighted by atomic mass is 9.99. The van der Waals surface area contributed by atoms with Gasteiger partial charge in [0.05, 0.1) is 0 Å². The Hall–Kier alpha value is -1.09. The van der Waals surface area contributed by atoms with E-state index in [2.05, 4.69) is 11.0 Å². The van der Waals surface area contributed by atoms with Crippen molar-refractivity contribution in [1.82, 2.24) is 4.90 Å². The van der Waals surface area contributed by atoms with Crippen molar-refractivity contribution in [2.75, 3.05) is 25.5 Å². The predicted molar refractivity (Wildman–Crippen MR) is 55.8 cm³/mol. The number of anilines is 1. The second kappa shape index (κ2) is 3.96. The Bertz CT molecular complexity index is 325. The highest BCUT2D eigenvalue weighted by Gasteiger charge is 2.15. The van der Waals surface area contributed by atoms with Gasteiger partial charge in [0.1, 0.15) is 6.67 Å². The average Bonchev–Trinajstić information content (AvgIpc) is 2.17. The number of hydrogen-bond donors (Lipinski definition) is 1. The summed E-state index contributed by atoms with van der Waals surface area (Å²) in [7, 11) is 0. The van der Waals surface area contributed by atoms with E-state index >= 15 is 0 Å². The second-order valence-corrected chi connectivity index (χ2v) is 3.74. The van der Waals surface area contributed by atoms with Crippen LogP contribution in [0.5, 0.6) is 0 Å². The van der Waals surface area contributed by atoms with Crippen molar-refractivity contribution in [3.8, 4) is 0 Å². The van der Waals surface area contributed by atoms with Gasteiger partial charge in [0.2, 0.25) is 0 Å². The molecule has 0 unspecified atom stereocenters. The fraction of sp³-hybridized carbons (Fsp3) is 0.455. The number of halogens is 1. The third-order valence-electron chi connectivity index (χ3n) is 2.72. The van der Waals surface area contributed by atoms with Crippen molar-refractivity contribution in [3.63, 3.8) is 0 Å². The van der Waals surface area contributed by atoms with Gasteiger partial charge in [0, 0.05) is 25.3 Å². The Kier molecular flexibility index (Phi) is 2.68. The van der Waals surface area contributed by atoms with Gasteiger partial charge in [-0.2, -0.15) is 0 Å². The Labute approximate surface area is 83.5 Å². The summed E-state index contributed by atoms with van der Waals surface area (Å²) >= 11 is 0. The van der Waals surface area contributed by atoms with Gasteiger partial charge in [-0.3, -0.25) is 4.90 Å². The molecular formula is C11H15FN2. The number of nitrogen functional groups attached to an aromatic ring is 1. The van der Waals surface area contributed by atoms with Crippen LogP contribution in [0.3, 0.4) is 0 Å². The zero-order valence-electron chi connectivity index (χ0n) is 8.17. The zero-order valence-corrected chi connectivity index (χ0v) is 8.17. The molecule has 1 aliphatic heterocycles. The van der Waals surface area contributed by atoms with Gasteiger partial charge in [0.15, 0.2) is 0 Å². The summed E-state index contributed by atoms with van der Waals surface area (Å²) < 4.78 is 12.2. The van der Waals surface area contributed by atoms with Crippen molar-refractivity contribution in [2.45, 2.75) is 13.0 Å². The monoisotopic (exact) mass is 194 g/mol. The summed E-state index contributed by atoms with van der Waals surface area (Å²) in [6.45, 7) is 2.07. The molecule has 76 valence electrons. The highest BCUT2D eigenvalue weighted by atomic mass is 19.1. The molecule has 0 spiro atoms. The molecule has 1 aromatic rings. The first kappa shape index (κ1) is 9.46. The van der Waals surface area contributed by atoms with E-state index in [1.165, 1.54) is 11.1 Å². The molecule has 1 heterocycles. The van der Waals surface area contributed by atoms with Gasteiger partial charge in [0.25, 0.3) is 0 Å². The minimum Gasteiger partial charge on any atom is -0.399 e. The van der Waals surface area contributed by atoms with Gasteiger partial charge >= 0.3 is 0 Å². The van der Waals surface area contributed by atoms with E-state index in [-0.39, 0.29) is 6.67 Å². The minimum absolute atomic E-state index is 0.266. The van der Waals surface area contributed by atoms with E-state index in [0.29, 0.717) is 6.54 Å². The Balaban J connectivity index is 2.16. The van der Waals surface area contributed by atoms with Crippen LogP contribution in [0.1, 0.15) is 11.1 Å². The molecule has 0 aliphatic carbocycles. The molecule has 0 fully saturated rings. The first-order chi connectivity index (χ1) is 6.79. The molecule has 0 amide bonds. The van der Waals surface area contributed by atoms with E-state index in [4.69, 9.17) is 5.73 Å². The topological polar surface area (TPSA) is 29.3 Å². The lowest BCUT2D eigenvalue weighted by molar-refractivity contribution is 0.231. The highest BCUT2D eigenvalue weighted by molar-refractivity contribution is 5.45. The molecule has 14 heavy (non-hydrogen) atoms. The van der Waals surface area contributed by atoms with Crippen LogP contribution in [0.15, 0.2) is 18.2 Å². The van der Waals surface area contributed by atoms with Crippen LogP contribution < -0.4 is 5.73 Å². The van der Waals surface area contributed by atoms with Crippen LogP contribution in [0.25, 0.3) is 0 Å². The summed E-state index contributed by atoms with van der Waals surface area (Å²) in [5, 5.41) is 0. The van der Waals surface area contributed by atoms with Crippen LogP contribution in [0.4, 0.5) is 10.1 Å². The molecule has 0 bridgehead atoms. The summed E-state index contributed by atoms with van der Waals surface area (Å²) in [4.78, 5) is 2.13. The number of benzene rings is 1. The summed E-state index contributed by atoms with van der Waals surface area (Å²) in [6.07, 6.45) is 1.01. The lowest BCUT2D eigenvalue weighted by Gasteiger charge is -2.27. The molecule has 3 heteroatoms. The summed E-state index contributed by atoms with van der Waals surface area (Å²) in [5.74, 6) is 0. The normalized spacial score (nSPS) is 16.6. The number of alkyl halides is 1. The van der Waals surface area contributed by atoms with Crippen molar-refractivity contribution in [1.29, 1.82) is 0 Å². The van der Waals surface area contributed by atoms with Crippen LogP contribution in [-0.4, -0.2) is 24.7 Å². The standard InChI is InChI=1S/C11H15FN2/c12-4-6-14-5-3-9-1-2-11(13)7-10(9)8-14/h1-2,7H,3-6,8,13H2. The van der Waals surface area contributed by atoms with E-state index in [9.17, 15) is 4.39 Å². The zero-order chi connectivity index (χ0) is 9.97. The lowest BCUT2D eigenvalue weighted by Crippen LogP contribution is -2.32. The molecule has 2 N–H and O–H groups in total. The summed E-state index contributed by atoms with van der Waals surface area (Å²) in [5.41, 5.74) is 9.12. The van der Waals surface area contributed by atoms with Crippen LogP contribution in [0.2, 0.25) is 0 Å². The van der Waals surface area contributed by atoms with E-state index < -0.39 is 0 Å². The predicted octanol–water partition coefficient (Wildman–Crippen LogP) is 1.60. The fourth-order valence-corrected chi connectivity index (χ4v) is 1.95. The van der Waals surface area contributed by atoms with Gasteiger partial charge in [-0.15, -0.1) is 0 Å². The molecule has 2 rings (SSSR count). The molecular weight excluding hydrogens is 179 g/mol. The third kappa shape index (κ3) is 1.87. The smallest absolute Gasteiger partial charge is 0.102 e. The Morgan fingerprint density at radius 3 is 3.00 bits per heavy atom. The van der Waals surface area contributed by atoms with Crippen LogP contribution in [0, 0.1) is 0 Å². The molecule has 1 aliphatic rings. The van der Waals surface area contributed by atoms with Crippen molar-refractivity contribution >= 4 is 5.69 Å².